The lowest BCUT2D eigenvalue weighted by Gasteiger charge is -2.34. The third kappa shape index (κ3) is 4.37. The average Bonchev–Trinajstić information content (AvgIpc) is 3.44. The number of carbonyl (C=O) groups is 3. The first-order valence-corrected chi connectivity index (χ1v) is 13.1. The molecule has 0 aromatic heterocycles. The summed E-state index contributed by atoms with van der Waals surface area (Å²) >= 11 is 7.95. The number of thioether (sulfide) groups is 1. The van der Waals surface area contributed by atoms with Gasteiger partial charge < -0.3 is 20.6 Å². The number of nitrogens with zero attached hydrogens (tertiary/aromatic N) is 1. The number of aliphatic hydroxyl groups excluding tert-OH is 1. The van der Waals surface area contributed by atoms with Gasteiger partial charge in [-0.15, -0.1) is 11.8 Å². The highest BCUT2D eigenvalue weighted by Gasteiger charge is 2.73. The van der Waals surface area contributed by atoms with Crippen LogP contribution in [0.15, 0.2) is 24.3 Å². The lowest BCUT2D eigenvalue weighted by Crippen LogP contribution is -2.52. The Morgan fingerprint density at radius 1 is 1.24 bits per heavy atom. The van der Waals surface area contributed by atoms with Crippen LogP contribution >= 0.6 is 23.4 Å². The van der Waals surface area contributed by atoms with Gasteiger partial charge in [0.2, 0.25) is 17.7 Å². The van der Waals surface area contributed by atoms with Crippen molar-refractivity contribution < 1.29 is 19.5 Å². The molecule has 0 aliphatic carbocycles. The van der Waals surface area contributed by atoms with E-state index in [9.17, 15) is 14.4 Å². The number of unbranched alkanes of at least 4 members (excludes halogenated alkanes) is 2. The molecular formula is C24H32ClN3O4S. The van der Waals surface area contributed by atoms with Crippen LogP contribution in [0.1, 0.15) is 45.4 Å². The molecule has 180 valence electrons. The van der Waals surface area contributed by atoms with Gasteiger partial charge >= 0.3 is 0 Å². The van der Waals surface area contributed by atoms with Gasteiger partial charge in [-0.2, -0.15) is 0 Å². The Labute approximate surface area is 204 Å². The van der Waals surface area contributed by atoms with Gasteiger partial charge in [0.05, 0.1) is 27.3 Å². The molecule has 3 heterocycles. The molecule has 1 spiro atoms. The van der Waals surface area contributed by atoms with E-state index in [-0.39, 0.29) is 29.6 Å². The Balaban J connectivity index is 1.63. The normalized spacial score (nSPS) is 29.9. The summed E-state index contributed by atoms with van der Waals surface area (Å²) in [5, 5.41) is 15.6. The minimum atomic E-state index is -0.653. The molecule has 2 bridgehead atoms. The summed E-state index contributed by atoms with van der Waals surface area (Å²) in [4.78, 5) is 42.2. The molecule has 1 aromatic rings. The highest BCUT2D eigenvalue weighted by atomic mass is 35.5. The first kappa shape index (κ1) is 24.4. The van der Waals surface area contributed by atoms with E-state index in [0.29, 0.717) is 36.6 Å². The van der Waals surface area contributed by atoms with Crippen LogP contribution in [0.5, 0.6) is 0 Å². The average molecular weight is 494 g/mol. The van der Waals surface area contributed by atoms with Crippen molar-refractivity contribution in [2.24, 2.45) is 11.8 Å². The molecular weight excluding hydrogens is 462 g/mol. The number of rotatable bonds is 10. The third-order valence-electron chi connectivity index (χ3n) is 7.09. The summed E-state index contributed by atoms with van der Waals surface area (Å²) in [6.45, 7) is 3.13. The molecule has 2 unspecified atom stereocenters. The number of carbonyl (C=O) groups excluding carboxylic acids is 3. The first-order valence-electron chi connectivity index (χ1n) is 11.9. The second kappa shape index (κ2) is 10.2. The molecule has 0 radical (unpaired) electrons. The number of hydrogen-bond donors (Lipinski definition) is 3. The quantitative estimate of drug-likeness (QED) is 0.435. The van der Waals surface area contributed by atoms with Gasteiger partial charge in [0, 0.05) is 24.9 Å². The van der Waals surface area contributed by atoms with Gasteiger partial charge in [0.15, 0.2) is 0 Å². The number of likely N-dealkylation sites (tertiary alicyclic amines) is 1. The Kier molecular flexibility index (Phi) is 7.56. The number of benzene rings is 1. The molecule has 1 aromatic carbocycles. The van der Waals surface area contributed by atoms with Crippen molar-refractivity contribution in [1.82, 2.24) is 10.2 Å². The smallest absolute Gasteiger partial charge is 0.248 e. The van der Waals surface area contributed by atoms with Crippen LogP contribution in [0, 0.1) is 11.8 Å². The van der Waals surface area contributed by atoms with Crippen LogP contribution in [0.4, 0.5) is 5.69 Å². The van der Waals surface area contributed by atoms with E-state index < -0.39 is 22.6 Å². The van der Waals surface area contributed by atoms with Crippen LogP contribution in [0.25, 0.3) is 0 Å². The highest BCUT2D eigenvalue weighted by Crippen LogP contribution is 2.66. The van der Waals surface area contributed by atoms with E-state index in [4.69, 9.17) is 16.7 Å². The maximum atomic E-state index is 13.7. The van der Waals surface area contributed by atoms with Crippen LogP contribution in [-0.2, 0) is 14.4 Å². The van der Waals surface area contributed by atoms with Gasteiger partial charge in [0.1, 0.15) is 6.04 Å². The van der Waals surface area contributed by atoms with Gasteiger partial charge in [-0.1, -0.05) is 30.7 Å². The van der Waals surface area contributed by atoms with E-state index in [1.54, 1.807) is 40.9 Å². The van der Waals surface area contributed by atoms with E-state index in [1.807, 2.05) is 6.92 Å². The van der Waals surface area contributed by atoms with E-state index in [0.717, 1.165) is 25.7 Å². The largest absolute Gasteiger partial charge is 0.396 e. The monoisotopic (exact) mass is 493 g/mol. The summed E-state index contributed by atoms with van der Waals surface area (Å²) in [6.07, 6.45) is 4.53. The Bertz CT molecular complexity index is 915. The summed E-state index contributed by atoms with van der Waals surface area (Å²) in [7, 11) is 0. The van der Waals surface area contributed by atoms with Crippen molar-refractivity contribution >= 4 is 46.8 Å². The number of fused-ring (bicyclic) bond motifs is 1. The van der Waals surface area contributed by atoms with E-state index in [2.05, 4.69) is 10.6 Å². The molecule has 3 amide bonds. The third-order valence-corrected chi connectivity index (χ3v) is 9.37. The second-order valence-corrected chi connectivity index (χ2v) is 11.1. The zero-order valence-electron chi connectivity index (χ0n) is 18.9. The number of anilines is 1. The van der Waals surface area contributed by atoms with Gasteiger partial charge in [0.25, 0.3) is 0 Å². The van der Waals surface area contributed by atoms with Crippen molar-refractivity contribution in [2.75, 3.05) is 25.0 Å². The van der Waals surface area contributed by atoms with Crippen LogP contribution in [-0.4, -0.2) is 63.5 Å². The number of halogens is 1. The number of amides is 3. The lowest BCUT2D eigenvalue weighted by molar-refractivity contribution is -0.139. The molecule has 3 N–H and O–H groups in total. The molecule has 33 heavy (non-hydrogen) atoms. The van der Waals surface area contributed by atoms with Crippen molar-refractivity contribution in [1.29, 1.82) is 0 Å². The molecule has 3 fully saturated rings. The topological polar surface area (TPSA) is 98.7 Å². The number of para-hydroxylation sites is 1. The lowest BCUT2D eigenvalue weighted by atomic mass is 9.70. The Morgan fingerprint density at radius 3 is 2.76 bits per heavy atom. The van der Waals surface area contributed by atoms with E-state index in [1.165, 1.54) is 0 Å². The Hall–Kier alpha value is -1.77. The van der Waals surface area contributed by atoms with Crippen molar-refractivity contribution in [2.45, 2.75) is 61.5 Å². The molecule has 4 rings (SSSR count). The van der Waals surface area contributed by atoms with Crippen LogP contribution < -0.4 is 10.6 Å². The highest BCUT2D eigenvalue weighted by molar-refractivity contribution is 8.02. The van der Waals surface area contributed by atoms with Gasteiger partial charge in [-0.3, -0.25) is 14.4 Å². The minimum absolute atomic E-state index is 0.0583. The van der Waals surface area contributed by atoms with Gasteiger partial charge in [-0.25, -0.2) is 0 Å². The van der Waals surface area contributed by atoms with Crippen molar-refractivity contribution in [3.8, 4) is 0 Å². The number of nitrogens with one attached hydrogen (secondary N) is 2. The summed E-state index contributed by atoms with van der Waals surface area (Å²) in [5.74, 6) is -1.30. The number of aliphatic hydroxyl groups is 1. The fourth-order valence-corrected chi connectivity index (χ4v) is 8.10. The molecule has 9 heteroatoms. The van der Waals surface area contributed by atoms with Crippen LogP contribution in [0.3, 0.4) is 0 Å². The standard InChI is InChI=1S/C24H32ClN3O4S/c1-2-12-26-21(30)18-17-10-11-24(33-17)19(18)23(32)28(13-6-3-7-14-29)20(24)22(31)27-16-9-5-4-8-15(16)25/h4-5,8-9,17-20,29H,2-3,6-7,10-14H2,1H3,(H,26,30)(H,27,31)/t17-,18+,19+,20?,24?/m1/s1. The SMILES string of the molecule is CCCNC(=O)[C@@H]1[C@H]2C(=O)N(CCCCCO)C(C(=O)Nc3ccccc3Cl)C23CC[C@H]1S3. The molecule has 5 atom stereocenters. The molecule has 3 aliphatic rings. The summed E-state index contributed by atoms with van der Waals surface area (Å²) in [5.41, 5.74) is 0.520. The van der Waals surface area contributed by atoms with E-state index >= 15 is 0 Å². The fraction of sp³-hybridized carbons (Fsp3) is 0.625. The molecule has 3 aliphatic heterocycles. The zero-order valence-corrected chi connectivity index (χ0v) is 20.5. The first-order chi connectivity index (χ1) is 15.9. The van der Waals surface area contributed by atoms with Crippen molar-refractivity contribution in [3.63, 3.8) is 0 Å². The molecule has 0 saturated carbocycles. The zero-order chi connectivity index (χ0) is 23.6. The second-order valence-electron chi connectivity index (χ2n) is 9.13. The summed E-state index contributed by atoms with van der Waals surface area (Å²) in [6, 6.07) is 6.42. The number of hydrogen-bond acceptors (Lipinski definition) is 5. The van der Waals surface area contributed by atoms with Gasteiger partial charge in [-0.05, 0) is 50.7 Å². The maximum absolute atomic E-state index is 13.7. The van der Waals surface area contributed by atoms with Crippen molar-refractivity contribution in [3.05, 3.63) is 29.3 Å². The Morgan fingerprint density at radius 2 is 2.03 bits per heavy atom. The molecule has 3 saturated heterocycles. The van der Waals surface area contributed by atoms with Crippen LogP contribution in [0.2, 0.25) is 5.02 Å². The maximum Gasteiger partial charge on any atom is 0.248 e. The molecule has 7 nitrogen and oxygen atoms in total. The minimum Gasteiger partial charge on any atom is -0.396 e. The fourth-order valence-electron chi connectivity index (χ4n) is 5.69. The summed E-state index contributed by atoms with van der Waals surface area (Å²) < 4.78 is -0.599. The predicted molar refractivity (Wildman–Crippen MR) is 130 cm³/mol. The predicted octanol–water partition coefficient (Wildman–Crippen LogP) is 3.06.